The van der Waals surface area contributed by atoms with Gasteiger partial charge < -0.3 is 10.6 Å². The van der Waals surface area contributed by atoms with Crippen LogP contribution < -0.4 is 5.73 Å². The van der Waals surface area contributed by atoms with E-state index in [0.717, 1.165) is 12.5 Å². The second-order valence-electron chi connectivity index (χ2n) is 7.18. The molecule has 1 spiro atoms. The fraction of sp³-hybridized carbons (Fsp3) is 0.941. The summed E-state index contributed by atoms with van der Waals surface area (Å²) in [6.45, 7) is 0.968. The molecule has 2 N–H and O–H groups in total. The summed E-state index contributed by atoms with van der Waals surface area (Å²) >= 11 is 0. The lowest BCUT2D eigenvalue weighted by atomic mass is 9.84. The summed E-state index contributed by atoms with van der Waals surface area (Å²) in [6.07, 6.45) is 18.0. The average Bonchev–Trinajstić information content (AvgIpc) is 3.20. The van der Waals surface area contributed by atoms with E-state index in [4.69, 9.17) is 5.73 Å². The van der Waals surface area contributed by atoms with Gasteiger partial charge in [-0.25, -0.2) is 0 Å². The number of aliphatic imine (C=N–C) groups is 1. The van der Waals surface area contributed by atoms with Gasteiger partial charge in [0.25, 0.3) is 0 Å². The van der Waals surface area contributed by atoms with Crippen molar-refractivity contribution < 1.29 is 0 Å². The third-order valence-corrected chi connectivity index (χ3v) is 5.49. The minimum atomic E-state index is 0.296. The van der Waals surface area contributed by atoms with Crippen molar-refractivity contribution in [3.8, 4) is 0 Å². The Bertz CT molecular complexity index is 334. The van der Waals surface area contributed by atoms with E-state index in [-0.39, 0.29) is 0 Å². The lowest BCUT2D eigenvalue weighted by Gasteiger charge is -2.40. The number of hydrogen-bond donors (Lipinski definition) is 1. The Morgan fingerprint density at radius 2 is 1.35 bits per heavy atom. The molecule has 3 rings (SSSR count). The van der Waals surface area contributed by atoms with Crippen molar-refractivity contribution in [1.82, 2.24) is 4.90 Å². The predicted molar refractivity (Wildman–Crippen MR) is 84.9 cm³/mol. The Hall–Kier alpha value is -0.730. The van der Waals surface area contributed by atoms with Crippen LogP contribution in [-0.4, -0.2) is 29.0 Å². The van der Waals surface area contributed by atoms with Gasteiger partial charge in [-0.1, -0.05) is 57.8 Å². The van der Waals surface area contributed by atoms with Gasteiger partial charge in [-0.15, -0.1) is 0 Å². The summed E-state index contributed by atoms with van der Waals surface area (Å²) in [7, 11) is 0. The summed E-state index contributed by atoms with van der Waals surface area (Å²) < 4.78 is 0. The number of rotatable bonds is 1. The maximum absolute atomic E-state index is 6.22. The number of guanidine groups is 1. The molecule has 0 aromatic rings. The molecule has 0 atom stereocenters. The Kier molecular flexibility index (Phi) is 4.52. The van der Waals surface area contributed by atoms with Gasteiger partial charge >= 0.3 is 0 Å². The first-order chi connectivity index (χ1) is 9.82. The standard InChI is InChI=1S/C17H31N3/c18-16-19-14-17(20(16)15-10-11-15)12-8-6-4-2-1-3-5-7-9-13-17/h15H,1-14H2,(H2,18,19). The zero-order chi connectivity index (χ0) is 13.8. The molecule has 1 aliphatic heterocycles. The lowest BCUT2D eigenvalue weighted by molar-refractivity contribution is 0.154. The highest BCUT2D eigenvalue weighted by atomic mass is 15.4. The molecular formula is C17H31N3. The average molecular weight is 277 g/mol. The summed E-state index contributed by atoms with van der Waals surface area (Å²) in [6, 6.07) is 0.717. The van der Waals surface area contributed by atoms with Gasteiger partial charge in [-0.3, -0.25) is 4.99 Å². The lowest BCUT2D eigenvalue weighted by Crippen LogP contribution is -2.52. The SMILES string of the molecule is NC1=NCC2(CCCCCCCCCCC2)N1C1CC1. The molecule has 3 heteroatoms. The number of nitrogens with zero attached hydrogens (tertiary/aromatic N) is 2. The predicted octanol–water partition coefficient (Wildman–Crippen LogP) is 3.82. The zero-order valence-corrected chi connectivity index (χ0v) is 12.9. The van der Waals surface area contributed by atoms with Crippen LogP contribution >= 0.6 is 0 Å². The Morgan fingerprint density at radius 1 is 0.850 bits per heavy atom. The van der Waals surface area contributed by atoms with E-state index in [1.54, 1.807) is 0 Å². The first kappa shape index (κ1) is 14.2. The first-order valence-electron chi connectivity index (χ1n) is 8.91. The van der Waals surface area contributed by atoms with Crippen molar-refractivity contribution in [2.45, 2.75) is 95.1 Å². The molecule has 0 bridgehead atoms. The van der Waals surface area contributed by atoms with E-state index in [9.17, 15) is 0 Å². The van der Waals surface area contributed by atoms with Crippen LogP contribution in [0.3, 0.4) is 0 Å². The molecule has 2 saturated carbocycles. The van der Waals surface area contributed by atoms with Crippen LogP contribution in [0.2, 0.25) is 0 Å². The molecular weight excluding hydrogens is 246 g/mol. The molecule has 0 radical (unpaired) electrons. The third kappa shape index (κ3) is 3.12. The normalized spacial score (nSPS) is 28.8. The Balaban J connectivity index is 1.66. The fourth-order valence-electron chi connectivity index (χ4n) is 4.20. The van der Waals surface area contributed by atoms with Crippen LogP contribution in [0.5, 0.6) is 0 Å². The van der Waals surface area contributed by atoms with E-state index < -0.39 is 0 Å². The van der Waals surface area contributed by atoms with Gasteiger partial charge in [0.1, 0.15) is 0 Å². The van der Waals surface area contributed by atoms with Gasteiger partial charge in [-0.2, -0.15) is 0 Å². The van der Waals surface area contributed by atoms with Gasteiger partial charge in [0.05, 0.1) is 12.1 Å². The second kappa shape index (κ2) is 6.36. The minimum absolute atomic E-state index is 0.296. The Labute approximate surface area is 124 Å². The molecule has 3 aliphatic rings. The molecule has 20 heavy (non-hydrogen) atoms. The van der Waals surface area contributed by atoms with Crippen molar-refractivity contribution in [2.75, 3.05) is 6.54 Å². The van der Waals surface area contributed by atoms with Gasteiger partial charge in [0.15, 0.2) is 5.96 Å². The summed E-state index contributed by atoms with van der Waals surface area (Å²) in [5, 5.41) is 0. The molecule has 0 aromatic carbocycles. The molecule has 0 aromatic heterocycles. The van der Waals surface area contributed by atoms with Gasteiger partial charge in [0.2, 0.25) is 0 Å². The zero-order valence-electron chi connectivity index (χ0n) is 12.9. The first-order valence-corrected chi connectivity index (χ1v) is 8.91. The van der Waals surface area contributed by atoms with Gasteiger partial charge in [0, 0.05) is 6.04 Å². The van der Waals surface area contributed by atoms with Crippen molar-refractivity contribution in [2.24, 2.45) is 10.7 Å². The van der Waals surface area contributed by atoms with Crippen molar-refractivity contribution in [3.05, 3.63) is 0 Å². The van der Waals surface area contributed by atoms with E-state index >= 15 is 0 Å². The topological polar surface area (TPSA) is 41.6 Å². The monoisotopic (exact) mass is 277 g/mol. The van der Waals surface area contributed by atoms with Crippen molar-refractivity contribution >= 4 is 5.96 Å². The number of hydrogen-bond acceptors (Lipinski definition) is 3. The van der Waals surface area contributed by atoms with E-state index in [2.05, 4.69) is 9.89 Å². The molecule has 0 saturated heterocycles. The van der Waals surface area contributed by atoms with E-state index in [0.29, 0.717) is 11.6 Å². The highest BCUT2D eigenvalue weighted by Gasteiger charge is 2.47. The van der Waals surface area contributed by atoms with Gasteiger partial charge in [-0.05, 0) is 25.7 Å². The van der Waals surface area contributed by atoms with Crippen molar-refractivity contribution in [3.63, 3.8) is 0 Å². The van der Waals surface area contributed by atoms with E-state index in [1.807, 2.05) is 0 Å². The summed E-state index contributed by atoms with van der Waals surface area (Å²) in [5.41, 5.74) is 6.51. The molecule has 3 nitrogen and oxygen atoms in total. The minimum Gasteiger partial charge on any atom is -0.370 e. The molecule has 2 aliphatic carbocycles. The quantitative estimate of drug-likeness (QED) is 0.791. The smallest absolute Gasteiger partial charge is 0.192 e. The highest BCUT2D eigenvalue weighted by Crippen LogP contribution is 2.41. The third-order valence-electron chi connectivity index (χ3n) is 5.49. The van der Waals surface area contributed by atoms with Crippen LogP contribution in [0.25, 0.3) is 0 Å². The Morgan fingerprint density at radius 3 is 1.85 bits per heavy atom. The number of nitrogens with two attached hydrogens (primary N) is 1. The van der Waals surface area contributed by atoms with Crippen LogP contribution in [0.1, 0.15) is 83.5 Å². The maximum Gasteiger partial charge on any atom is 0.192 e. The molecule has 0 amide bonds. The fourth-order valence-corrected chi connectivity index (χ4v) is 4.20. The largest absolute Gasteiger partial charge is 0.370 e. The maximum atomic E-state index is 6.22. The van der Waals surface area contributed by atoms with Crippen LogP contribution in [0.15, 0.2) is 4.99 Å². The van der Waals surface area contributed by atoms with Crippen LogP contribution in [-0.2, 0) is 0 Å². The van der Waals surface area contributed by atoms with Crippen molar-refractivity contribution in [1.29, 1.82) is 0 Å². The second-order valence-corrected chi connectivity index (χ2v) is 7.18. The molecule has 114 valence electrons. The summed E-state index contributed by atoms with van der Waals surface area (Å²) in [5.74, 6) is 0.847. The molecule has 1 heterocycles. The van der Waals surface area contributed by atoms with E-state index in [1.165, 1.54) is 83.5 Å². The van der Waals surface area contributed by atoms with Crippen LogP contribution in [0.4, 0.5) is 0 Å². The molecule has 0 unspecified atom stereocenters. The summed E-state index contributed by atoms with van der Waals surface area (Å²) in [4.78, 5) is 7.18. The van der Waals surface area contributed by atoms with Crippen LogP contribution in [0, 0.1) is 0 Å². The highest BCUT2D eigenvalue weighted by molar-refractivity contribution is 5.81. The molecule has 2 fully saturated rings.